The summed E-state index contributed by atoms with van der Waals surface area (Å²) >= 11 is 1.87. The third kappa shape index (κ3) is 4.85. The molecule has 0 amide bonds. The van der Waals surface area contributed by atoms with Gasteiger partial charge in [0.25, 0.3) is 0 Å². The van der Waals surface area contributed by atoms with E-state index in [1.165, 1.54) is 91.9 Å². The Balaban J connectivity index is 1.21. The first-order chi connectivity index (χ1) is 27.1. The molecule has 0 unspecified atom stereocenters. The summed E-state index contributed by atoms with van der Waals surface area (Å²) in [6.45, 7) is 4.79. The van der Waals surface area contributed by atoms with Crippen LogP contribution in [0.4, 0.5) is 17.1 Å². The first kappa shape index (κ1) is 32.0. The van der Waals surface area contributed by atoms with E-state index in [1.807, 2.05) is 11.3 Å². The maximum atomic E-state index is 2.50. The van der Waals surface area contributed by atoms with E-state index in [9.17, 15) is 0 Å². The second-order valence-corrected chi connectivity index (χ2v) is 16.3. The van der Waals surface area contributed by atoms with Crippen LogP contribution in [0, 0.1) is 0 Å². The lowest BCUT2D eigenvalue weighted by Gasteiger charge is -2.29. The Morgan fingerprint density at radius 3 is 1.98 bits per heavy atom. The maximum absolute atomic E-state index is 2.50. The highest BCUT2D eigenvalue weighted by atomic mass is 32.1. The summed E-state index contributed by atoms with van der Waals surface area (Å²) in [7, 11) is 0. The average molecular weight is 720 g/mol. The molecule has 1 aliphatic rings. The van der Waals surface area contributed by atoms with Gasteiger partial charge in [0.15, 0.2) is 0 Å². The second-order valence-electron chi connectivity index (χ2n) is 15.2. The average Bonchev–Trinajstić information content (AvgIpc) is 3.74. The van der Waals surface area contributed by atoms with E-state index in [4.69, 9.17) is 0 Å². The number of benzene rings is 9. The molecule has 55 heavy (non-hydrogen) atoms. The Morgan fingerprint density at radius 1 is 0.436 bits per heavy atom. The van der Waals surface area contributed by atoms with Crippen molar-refractivity contribution in [2.45, 2.75) is 19.3 Å². The van der Waals surface area contributed by atoms with Crippen LogP contribution in [-0.4, -0.2) is 0 Å². The molecule has 11 rings (SSSR count). The van der Waals surface area contributed by atoms with Crippen LogP contribution in [0.1, 0.15) is 25.0 Å². The van der Waals surface area contributed by atoms with Crippen LogP contribution < -0.4 is 4.90 Å². The molecule has 1 heterocycles. The van der Waals surface area contributed by atoms with Crippen molar-refractivity contribution in [2.24, 2.45) is 0 Å². The Labute approximate surface area is 325 Å². The van der Waals surface area contributed by atoms with E-state index < -0.39 is 0 Å². The molecule has 0 saturated carbocycles. The predicted molar refractivity (Wildman–Crippen MR) is 237 cm³/mol. The number of fused-ring (bicyclic) bond motifs is 9. The monoisotopic (exact) mass is 719 g/mol. The van der Waals surface area contributed by atoms with Crippen molar-refractivity contribution in [3.05, 3.63) is 199 Å². The molecule has 1 nitrogen and oxygen atoms in total. The van der Waals surface area contributed by atoms with Gasteiger partial charge in [-0.2, -0.15) is 0 Å². The number of rotatable bonds is 5. The number of thiophene rings is 1. The summed E-state index contributed by atoms with van der Waals surface area (Å²) in [5.74, 6) is 0. The van der Waals surface area contributed by atoms with Gasteiger partial charge in [0.1, 0.15) is 0 Å². The second kappa shape index (κ2) is 12.3. The zero-order valence-corrected chi connectivity index (χ0v) is 31.6. The summed E-state index contributed by atoms with van der Waals surface area (Å²) < 4.78 is 2.59. The van der Waals surface area contributed by atoms with Gasteiger partial charge in [-0.25, -0.2) is 0 Å². The van der Waals surface area contributed by atoms with E-state index in [0.717, 1.165) is 11.4 Å². The van der Waals surface area contributed by atoms with E-state index in [-0.39, 0.29) is 5.41 Å². The fraction of sp³-hybridized carbons (Fsp3) is 0.0566. The van der Waals surface area contributed by atoms with Gasteiger partial charge in [-0.1, -0.05) is 159 Å². The highest BCUT2D eigenvalue weighted by Crippen LogP contribution is 2.56. The number of hydrogen-bond acceptors (Lipinski definition) is 2. The van der Waals surface area contributed by atoms with Gasteiger partial charge in [-0.3, -0.25) is 0 Å². The first-order valence-electron chi connectivity index (χ1n) is 19.1. The molecular weight excluding hydrogens is 683 g/mol. The smallest absolute Gasteiger partial charge is 0.0555 e. The zero-order chi connectivity index (χ0) is 36.7. The van der Waals surface area contributed by atoms with Crippen molar-refractivity contribution in [3.63, 3.8) is 0 Å². The molecule has 0 saturated heterocycles. The van der Waals surface area contributed by atoms with Gasteiger partial charge in [-0.15, -0.1) is 11.3 Å². The lowest BCUT2D eigenvalue weighted by Crippen LogP contribution is -2.15. The highest BCUT2D eigenvalue weighted by Gasteiger charge is 2.38. The fourth-order valence-corrected chi connectivity index (χ4v) is 10.5. The molecule has 0 spiro atoms. The van der Waals surface area contributed by atoms with E-state index in [0.29, 0.717) is 0 Å². The molecule has 9 aromatic carbocycles. The predicted octanol–water partition coefficient (Wildman–Crippen LogP) is 15.5. The molecule has 0 atom stereocenters. The number of nitrogens with zero attached hydrogens (tertiary/aromatic N) is 1. The molecule has 1 aromatic heterocycles. The minimum absolute atomic E-state index is 0.125. The number of anilines is 3. The summed E-state index contributed by atoms with van der Waals surface area (Å²) in [5, 5.41) is 7.65. The van der Waals surface area contributed by atoms with Crippen molar-refractivity contribution in [2.75, 3.05) is 4.90 Å². The quantitative estimate of drug-likeness (QED) is 0.171. The summed E-state index contributed by atoms with van der Waals surface area (Å²) in [6, 6.07) is 69.6. The molecule has 10 aromatic rings. The van der Waals surface area contributed by atoms with Crippen LogP contribution in [0.25, 0.3) is 75.1 Å². The third-order valence-corrected chi connectivity index (χ3v) is 12.9. The van der Waals surface area contributed by atoms with Crippen LogP contribution >= 0.6 is 11.3 Å². The molecular formula is C53H37NS. The van der Waals surface area contributed by atoms with E-state index in [2.05, 4.69) is 207 Å². The third-order valence-electron chi connectivity index (χ3n) is 11.8. The topological polar surface area (TPSA) is 3.24 Å². The van der Waals surface area contributed by atoms with Crippen LogP contribution in [0.5, 0.6) is 0 Å². The fourth-order valence-electron chi connectivity index (χ4n) is 9.39. The lowest BCUT2D eigenvalue weighted by molar-refractivity contribution is 0.666. The zero-order valence-electron chi connectivity index (χ0n) is 30.8. The Bertz CT molecular complexity index is 3130. The summed E-state index contributed by atoms with van der Waals surface area (Å²) in [4.78, 5) is 2.50. The van der Waals surface area contributed by atoms with Gasteiger partial charge in [0.2, 0.25) is 0 Å². The van der Waals surface area contributed by atoms with Gasteiger partial charge in [0.05, 0.1) is 11.4 Å². The highest BCUT2D eigenvalue weighted by molar-refractivity contribution is 7.26. The van der Waals surface area contributed by atoms with Crippen LogP contribution in [-0.2, 0) is 5.41 Å². The number of hydrogen-bond donors (Lipinski definition) is 0. The standard InChI is InChI=1S/C53H37NS/c1-53(2)45-26-12-10-24-42(45)50-44(33-36-18-6-7-21-38(36)52(50)53)40-30-31-46(41-23-9-8-22-39(40)41)54(37-20-14-19-35(32-37)34-16-4-3-5-17-34)47-27-15-29-49-51(47)43-25-11-13-28-48(43)55-49/h3-33H,1-2H3. The van der Waals surface area contributed by atoms with Crippen molar-refractivity contribution in [3.8, 4) is 33.4 Å². The van der Waals surface area contributed by atoms with Crippen LogP contribution in [0.15, 0.2) is 188 Å². The molecule has 0 bridgehead atoms. The molecule has 0 fully saturated rings. The molecule has 0 N–H and O–H groups in total. The van der Waals surface area contributed by atoms with Gasteiger partial charge < -0.3 is 4.90 Å². The normalized spacial score (nSPS) is 13.1. The minimum atomic E-state index is -0.125. The van der Waals surface area contributed by atoms with Crippen molar-refractivity contribution in [1.29, 1.82) is 0 Å². The van der Waals surface area contributed by atoms with Gasteiger partial charge in [-0.05, 0) is 103 Å². The molecule has 260 valence electrons. The Kier molecular flexibility index (Phi) is 7.14. The Hall–Kier alpha value is -6.48. The summed E-state index contributed by atoms with van der Waals surface area (Å²) in [6.07, 6.45) is 0. The lowest BCUT2D eigenvalue weighted by atomic mass is 9.79. The maximum Gasteiger partial charge on any atom is 0.0555 e. The van der Waals surface area contributed by atoms with Crippen LogP contribution in [0.2, 0.25) is 0 Å². The van der Waals surface area contributed by atoms with Crippen molar-refractivity contribution < 1.29 is 0 Å². The largest absolute Gasteiger partial charge is 0.309 e. The van der Waals surface area contributed by atoms with Gasteiger partial charge >= 0.3 is 0 Å². The molecule has 0 aliphatic heterocycles. The van der Waals surface area contributed by atoms with Crippen molar-refractivity contribution in [1.82, 2.24) is 0 Å². The molecule has 1 aliphatic carbocycles. The van der Waals surface area contributed by atoms with Gasteiger partial charge in [0, 0.05) is 36.7 Å². The Morgan fingerprint density at radius 2 is 1.11 bits per heavy atom. The minimum Gasteiger partial charge on any atom is -0.309 e. The van der Waals surface area contributed by atoms with E-state index in [1.54, 1.807) is 0 Å². The van der Waals surface area contributed by atoms with Crippen molar-refractivity contribution >= 4 is 70.1 Å². The first-order valence-corrected chi connectivity index (χ1v) is 19.9. The van der Waals surface area contributed by atoms with Crippen LogP contribution in [0.3, 0.4) is 0 Å². The molecule has 2 heteroatoms. The van der Waals surface area contributed by atoms with E-state index >= 15 is 0 Å². The summed E-state index contributed by atoms with van der Waals surface area (Å²) in [5.41, 5.74) is 13.8. The SMILES string of the molecule is CC1(C)c2ccccc2-c2c(-c3ccc(N(c4cccc(-c5ccccc5)c4)c4cccc5sc6ccccc6c45)c4ccccc34)cc3ccccc3c21. The molecule has 0 radical (unpaired) electrons.